The van der Waals surface area contributed by atoms with Gasteiger partial charge in [0.2, 0.25) is 0 Å². The fourth-order valence-corrected chi connectivity index (χ4v) is 2.42. The zero-order valence-corrected chi connectivity index (χ0v) is 12.7. The zero-order chi connectivity index (χ0) is 15.2. The molecule has 0 saturated carbocycles. The summed E-state index contributed by atoms with van der Waals surface area (Å²) in [5.41, 5.74) is 5.69. The molecule has 0 aliphatic rings. The zero-order valence-electron chi connectivity index (χ0n) is 12.7. The van der Waals surface area contributed by atoms with Crippen LogP contribution < -0.4 is 4.90 Å². The summed E-state index contributed by atoms with van der Waals surface area (Å²) in [7, 11) is 2.09. The molecule has 0 amide bonds. The van der Waals surface area contributed by atoms with Crippen LogP contribution >= 0.6 is 0 Å². The third-order valence-corrected chi connectivity index (χ3v) is 3.50. The van der Waals surface area contributed by atoms with Gasteiger partial charge in [0.15, 0.2) is 0 Å². The molecule has 0 heterocycles. The Morgan fingerprint density at radius 1 is 1.05 bits per heavy atom. The Labute approximate surface area is 127 Å². The van der Waals surface area contributed by atoms with Gasteiger partial charge in [0.25, 0.3) is 0 Å². The molecule has 2 aromatic carbocycles. The van der Waals surface area contributed by atoms with Crippen molar-refractivity contribution in [3.8, 4) is 0 Å². The van der Waals surface area contributed by atoms with E-state index in [9.17, 15) is 0 Å². The van der Waals surface area contributed by atoms with E-state index in [1.165, 1.54) is 11.3 Å². The Morgan fingerprint density at radius 3 is 2.43 bits per heavy atom. The van der Waals surface area contributed by atoms with Crippen LogP contribution in [0.5, 0.6) is 0 Å². The van der Waals surface area contributed by atoms with E-state index in [2.05, 4.69) is 74.5 Å². The van der Waals surface area contributed by atoms with Crippen LogP contribution in [0.1, 0.15) is 11.1 Å². The quantitative estimate of drug-likeness (QED) is 0.649. The number of hydrogen-bond acceptors (Lipinski definition) is 1. The normalized spacial score (nSPS) is 10.6. The van der Waals surface area contributed by atoms with E-state index >= 15 is 0 Å². The largest absolute Gasteiger partial charge is 0.344 e. The third-order valence-electron chi connectivity index (χ3n) is 3.50. The topological polar surface area (TPSA) is 3.24 Å². The molecule has 0 radical (unpaired) electrons. The van der Waals surface area contributed by atoms with Gasteiger partial charge in [-0.15, -0.1) is 0 Å². The second kappa shape index (κ2) is 6.76. The molecule has 0 aromatic heterocycles. The maximum absolute atomic E-state index is 4.18. The predicted octanol–water partition coefficient (Wildman–Crippen LogP) is 5.52. The number of para-hydroxylation sites is 2. The summed E-state index contributed by atoms with van der Waals surface area (Å²) in [5.74, 6) is 0. The lowest BCUT2D eigenvalue weighted by Gasteiger charge is -2.25. The number of aryl methyl sites for hydroxylation is 1. The molecule has 106 valence electrons. The van der Waals surface area contributed by atoms with Gasteiger partial charge in [0.05, 0.1) is 5.69 Å². The number of nitrogens with zero attached hydrogens (tertiary/aromatic N) is 1. The van der Waals surface area contributed by atoms with E-state index in [4.69, 9.17) is 0 Å². The van der Waals surface area contributed by atoms with Gasteiger partial charge in [-0.1, -0.05) is 67.8 Å². The summed E-state index contributed by atoms with van der Waals surface area (Å²) >= 11 is 0. The van der Waals surface area contributed by atoms with Crippen molar-refractivity contribution in [1.82, 2.24) is 0 Å². The molecular formula is C20H21N. The third kappa shape index (κ3) is 3.32. The molecule has 2 rings (SSSR count). The predicted molar refractivity (Wildman–Crippen MR) is 94.1 cm³/mol. The van der Waals surface area contributed by atoms with Crippen LogP contribution in [0.4, 0.5) is 11.4 Å². The summed E-state index contributed by atoms with van der Waals surface area (Å²) in [6.07, 6.45) is 5.67. The van der Waals surface area contributed by atoms with Gasteiger partial charge < -0.3 is 4.90 Å². The molecule has 21 heavy (non-hydrogen) atoms. The first-order valence-electron chi connectivity index (χ1n) is 7.02. The minimum atomic E-state index is 0.983. The molecule has 1 heteroatoms. The van der Waals surface area contributed by atoms with E-state index in [1.807, 2.05) is 18.2 Å². The number of rotatable bonds is 5. The van der Waals surface area contributed by atoms with Crippen molar-refractivity contribution in [2.45, 2.75) is 6.92 Å². The Morgan fingerprint density at radius 2 is 1.76 bits per heavy atom. The standard InChI is InChI=1S/C20H21N/c1-5-6-11-16(2)19-15-10-12-17(3)20(19)21(4)18-13-8-7-9-14-18/h5-15H,1-2H2,3-4H3/b11-6-. The summed E-state index contributed by atoms with van der Waals surface area (Å²) in [4.78, 5) is 2.21. The molecule has 0 unspecified atom stereocenters. The molecule has 0 spiro atoms. The SMILES string of the molecule is C=C/C=C\C(=C)c1cccc(C)c1N(C)c1ccccc1. The second-order valence-electron chi connectivity index (χ2n) is 4.99. The molecule has 2 aromatic rings. The molecule has 0 aliphatic heterocycles. The summed E-state index contributed by atoms with van der Waals surface area (Å²) in [6, 6.07) is 16.7. The van der Waals surface area contributed by atoms with E-state index in [1.54, 1.807) is 6.08 Å². The first kappa shape index (κ1) is 14.9. The maximum Gasteiger partial charge on any atom is 0.0517 e. The highest BCUT2D eigenvalue weighted by molar-refractivity contribution is 5.85. The number of anilines is 2. The molecule has 0 atom stereocenters. The van der Waals surface area contributed by atoms with E-state index < -0.39 is 0 Å². The summed E-state index contributed by atoms with van der Waals surface area (Å²) in [5, 5.41) is 0. The van der Waals surface area contributed by atoms with Crippen LogP contribution in [-0.4, -0.2) is 7.05 Å². The Hall–Kier alpha value is -2.54. The molecule has 0 saturated heterocycles. The Balaban J connectivity index is 2.50. The van der Waals surface area contributed by atoms with Crippen molar-refractivity contribution in [2.75, 3.05) is 11.9 Å². The van der Waals surface area contributed by atoms with Crippen LogP contribution in [0.2, 0.25) is 0 Å². The average Bonchev–Trinajstić information content (AvgIpc) is 2.52. The van der Waals surface area contributed by atoms with Crippen LogP contribution in [0.3, 0.4) is 0 Å². The Bertz CT molecular complexity index is 665. The van der Waals surface area contributed by atoms with Crippen molar-refractivity contribution in [3.05, 3.63) is 91.0 Å². The monoisotopic (exact) mass is 275 g/mol. The van der Waals surface area contributed by atoms with Gasteiger partial charge in [-0.2, -0.15) is 0 Å². The van der Waals surface area contributed by atoms with Crippen molar-refractivity contribution in [1.29, 1.82) is 0 Å². The first-order chi connectivity index (χ1) is 10.1. The lowest BCUT2D eigenvalue weighted by molar-refractivity contribution is 1.18. The summed E-state index contributed by atoms with van der Waals surface area (Å²) < 4.78 is 0. The van der Waals surface area contributed by atoms with Crippen LogP contribution in [-0.2, 0) is 0 Å². The molecular weight excluding hydrogens is 254 g/mol. The highest BCUT2D eigenvalue weighted by atomic mass is 15.1. The van der Waals surface area contributed by atoms with Crippen molar-refractivity contribution in [2.24, 2.45) is 0 Å². The Kier molecular flexibility index (Phi) is 4.78. The van der Waals surface area contributed by atoms with E-state index in [0.29, 0.717) is 0 Å². The second-order valence-corrected chi connectivity index (χ2v) is 4.99. The average molecular weight is 275 g/mol. The van der Waals surface area contributed by atoms with Crippen molar-refractivity contribution >= 4 is 16.9 Å². The lowest BCUT2D eigenvalue weighted by Crippen LogP contribution is -2.12. The molecule has 0 bridgehead atoms. The van der Waals surface area contributed by atoms with Crippen molar-refractivity contribution < 1.29 is 0 Å². The van der Waals surface area contributed by atoms with Crippen LogP contribution in [0.25, 0.3) is 5.57 Å². The van der Waals surface area contributed by atoms with E-state index in [-0.39, 0.29) is 0 Å². The van der Waals surface area contributed by atoms with Crippen molar-refractivity contribution in [3.63, 3.8) is 0 Å². The van der Waals surface area contributed by atoms with Crippen LogP contribution in [0.15, 0.2) is 79.9 Å². The van der Waals surface area contributed by atoms with Gasteiger partial charge in [-0.05, 0) is 30.2 Å². The molecule has 0 N–H and O–H groups in total. The van der Waals surface area contributed by atoms with Gasteiger partial charge >= 0.3 is 0 Å². The lowest BCUT2D eigenvalue weighted by atomic mass is 10.00. The smallest absolute Gasteiger partial charge is 0.0517 e. The fourth-order valence-electron chi connectivity index (χ4n) is 2.42. The van der Waals surface area contributed by atoms with Gasteiger partial charge in [-0.3, -0.25) is 0 Å². The maximum atomic E-state index is 4.18. The minimum absolute atomic E-state index is 0.983. The highest BCUT2D eigenvalue weighted by Crippen LogP contribution is 2.34. The van der Waals surface area contributed by atoms with Gasteiger partial charge in [-0.25, -0.2) is 0 Å². The number of hydrogen-bond donors (Lipinski definition) is 0. The van der Waals surface area contributed by atoms with Gasteiger partial charge in [0, 0.05) is 18.3 Å². The van der Waals surface area contributed by atoms with Gasteiger partial charge in [0.1, 0.15) is 0 Å². The number of allylic oxidation sites excluding steroid dienone is 4. The van der Waals surface area contributed by atoms with Crippen LogP contribution in [0, 0.1) is 6.92 Å². The fraction of sp³-hybridized carbons (Fsp3) is 0.100. The molecule has 1 nitrogen and oxygen atoms in total. The molecule has 0 aliphatic carbocycles. The molecule has 0 fully saturated rings. The van der Waals surface area contributed by atoms with E-state index in [0.717, 1.165) is 16.8 Å². The number of benzene rings is 2. The minimum Gasteiger partial charge on any atom is -0.344 e. The highest BCUT2D eigenvalue weighted by Gasteiger charge is 2.12. The first-order valence-corrected chi connectivity index (χ1v) is 7.02. The summed E-state index contributed by atoms with van der Waals surface area (Å²) in [6.45, 7) is 10.0.